The van der Waals surface area contributed by atoms with Gasteiger partial charge in [-0.2, -0.15) is 35.3 Å². The summed E-state index contributed by atoms with van der Waals surface area (Å²) in [5.74, 6) is -4.42. The summed E-state index contributed by atoms with van der Waals surface area (Å²) in [4.78, 5) is 23.2. The first kappa shape index (κ1) is 16.8. The van der Waals surface area contributed by atoms with Gasteiger partial charge in [0.1, 0.15) is 0 Å². The Balaban J connectivity index is 2.90. The maximum Gasteiger partial charge on any atom is 0.455 e. The van der Waals surface area contributed by atoms with E-state index in [0.29, 0.717) is 4.40 Å². The van der Waals surface area contributed by atoms with Crippen LogP contribution in [0.5, 0.6) is 5.88 Å². The predicted octanol–water partition coefficient (Wildman–Crippen LogP) is 1.60. The number of hydrogen-bond donors (Lipinski definition) is 1. The van der Waals surface area contributed by atoms with Gasteiger partial charge in [0.15, 0.2) is 6.54 Å². The number of halogens is 6. The van der Waals surface area contributed by atoms with Gasteiger partial charge in [0, 0.05) is 6.07 Å². The summed E-state index contributed by atoms with van der Waals surface area (Å²) in [6.07, 6.45) is -9.55. The van der Waals surface area contributed by atoms with Gasteiger partial charge >= 0.3 is 23.8 Å². The van der Waals surface area contributed by atoms with Gasteiger partial charge < -0.3 is 5.11 Å². The highest BCUT2D eigenvalue weighted by molar-refractivity contribution is 6.01. The average molecular weight is 341 g/mol. The van der Waals surface area contributed by atoms with Gasteiger partial charge in [0.2, 0.25) is 5.56 Å². The molecule has 0 bridgehead atoms. The quantitative estimate of drug-likeness (QED) is 0.513. The van der Waals surface area contributed by atoms with Crippen molar-refractivity contribution in [2.24, 2.45) is 0 Å². The molecule has 1 N–H and O–H groups in total. The van der Waals surface area contributed by atoms with Crippen molar-refractivity contribution >= 4 is 11.4 Å². The fraction of sp³-hybridized carbons (Fsp3) is 0.250. The minimum Gasteiger partial charge on any atom is -0.477 e. The summed E-state index contributed by atoms with van der Waals surface area (Å²) in [6, 6.07) is 3.37. The first-order valence-electron chi connectivity index (χ1n) is 5.88. The van der Waals surface area contributed by atoms with E-state index in [1.54, 1.807) is 0 Å². The lowest BCUT2D eigenvalue weighted by molar-refractivity contribution is -0.533. The number of aromatic nitrogens is 2. The van der Waals surface area contributed by atoms with Gasteiger partial charge in [-0.3, -0.25) is 4.79 Å². The van der Waals surface area contributed by atoms with Crippen molar-refractivity contribution < 1.29 is 40.6 Å². The van der Waals surface area contributed by atoms with Crippen LogP contribution < -0.4 is 9.96 Å². The van der Waals surface area contributed by atoms with Crippen LogP contribution in [-0.2, 0) is 6.54 Å². The molecule has 0 aliphatic carbocycles. The van der Waals surface area contributed by atoms with E-state index in [4.69, 9.17) is 0 Å². The highest BCUT2D eigenvalue weighted by Crippen LogP contribution is 2.27. The molecule has 124 valence electrons. The molecular formula is C12H7F6N2O3+. The second-order valence-corrected chi connectivity index (χ2v) is 4.46. The van der Waals surface area contributed by atoms with Gasteiger partial charge in [-0.1, -0.05) is 6.07 Å². The molecule has 0 fully saturated rings. The van der Waals surface area contributed by atoms with Crippen molar-refractivity contribution in [2.45, 2.75) is 18.9 Å². The Labute approximate surface area is 123 Å². The molecule has 23 heavy (non-hydrogen) atoms. The average Bonchev–Trinajstić information content (AvgIpc) is 2.41. The van der Waals surface area contributed by atoms with E-state index in [1.165, 1.54) is 12.1 Å². The molecule has 11 heteroatoms. The summed E-state index contributed by atoms with van der Waals surface area (Å²) in [6.45, 7) is -1.88. The van der Waals surface area contributed by atoms with Crippen molar-refractivity contribution in [3.05, 3.63) is 40.3 Å². The molecule has 0 saturated carbocycles. The second kappa shape index (κ2) is 5.25. The highest BCUT2D eigenvalue weighted by Gasteiger charge is 2.46. The number of Topliss-reactive ketones (excluding diaryl/α,β-unsaturated/α-hetero) is 1. The minimum atomic E-state index is -5.53. The van der Waals surface area contributed by atoms with Gasteiger partial charge in [0.05, 0.1) is 6.20 Å². The van der Waals surface area contributed by atoms with Crippen molar-refractivity contribution in [3.63, 3.8) is 0 Å². The Kier molecular flexibility index (Phi) is 3.83. The Morgan fingerprint density at radius 1 is 1.17 bits per heavy atom. The fourth-order valence-corrected chi connectivity index (χ4v) is 1.96. The van der Waals surface area contributed by atoms with E-state index in [1.807, 2.05) is 0 Å². The summed E-state index contributed by atoms with van der Waals surface area (Å²) in [7, 11) is 0. The molecule has 2 aromatic rings. The number of nitrogens with zero attached hydrogens (tertiary/aromatic N) is 2. The van der Waals surface area contributed by atoms with Crippen LogP contribution in [0.15, 0.2) is 29.2 Å². The second-order valence-electron chi connectivity index (χ2n) is 4.46. The summed E-state index contributed by atoms with van der Waals surface area (Å²) < 4.78 is 75.8. The molecule has 0 atom stereocenters. The maximum atomic E-state index is 12.6. The van der Waals surface area contributed by atoms with Gasteiger partial charge in [-0.05, 0) is 6.07 Å². The van der Waals surface area contributed by atoms with Crippen LogP contribution in [0.4, 0.5) is 26.3 Å². The molecule has 0 aliphatic rings. The lowest BCUT2D eigenvalue weighted by Gasteiger charge is -2.11. The van der Waals surface area contributed by atoms with Crippen LogP contribution in [0.1, 0.15) is 10.4 Å². The predicted molar refractivity (Wildman–Crippen MR) is 62.0 cm³/mol. The van der Waals surface area contributed by atoms with Crippen molar-refractivity contribution in [1.82, 2.24) is 4.57 Å². The zero-order chi connectivity index (χ0) is 17.6. The zero-order valence-corrected chi connectivity index (χ0v) is 10.9. The lowest BCUT2D eigenvalue weighted by atomic mass is 10.2. The molecule has 0 aliphatic heterocycles. The van der Waals surface area contributed by atoms with E-state index in [9.17, 15) is 41.0 Å². The SMILES string of the molecule is O=C(c1c(O)n(CC(F)(F)F)c2cccc[n+]2c1=O)C(F)(F)F. The topological polar surface area (TPSA) is 63.4 Å². The molecular weight excluding hydrogens is 334 g/mol. The van der Waals surface area contributed by atoms with Crippen LogP contribution in [-0.4, -0.2) is 27.8 Å². The van der Waals surface area contributed by atoms with Crippen molar-refractivity contribution in [3.8, 4) is 5.88 Å². The number of pyridine rings is 1. The molecule has 0 spiro atoms. The number of aromatic hydroxyl groups is 1. The lowest BCUT2D eigenvalue weighted by Crippen LogP contribution is -2.48. The van der Waals surface area contributed by atoms with E-state index < -0.39 is 47.3 Å². The molecule has 2 aromatic heterocycles. The number of fused-ring (bicyclic) bond motifs is 1. The largest absolute Gasteiger partial charge is 0.477 e. The number of ketones is 1. The van der Waals surface area contributed by atoms with Crippen LogP contribution in [0.3, 0.4) is 0 Å². The molecule has 0 amide bonds. The summed E-state index contributed by atoms with van der Waals surface area (Å²) in [5, 5.41) is 9.69. The first-order chi connectivity index (χ1) is 10.4. The maximum absolute atomic E-state index is 12.6. The van der Waals surface area contributed by atoms with Crippen LogP contribution >= 0.6 is 0 Å². The molecule has 2 rings (SSSR count). The van der Waals surface area contributed by atoms with E-state index in [2.05, 4.69) is 0 Å². The number of hydrogen-bond acceptors (Lipinski definition) is 3. The molecule has 2 heterocycles. The number of carbonyl (C=O) groups is 1. The third kappa shape index (κ3) is 3.12. The minimum absolute atomic E-state index is 0.0143. The molecule has 0 radical (unpaired) electrons. The normalized spacial score (nSPS) is 12.6. The van der Waals surface area contributed by atoms with Crippen molar-refractivity contribution in [2.75, 3.05) is 0 Å². The van der Waals surface area contributed by atoms with Gasteiger partial charge in [-0.25, -0.2) is 4.79 Å². The Bertz CT molecular complexity index is 838. The number of carbonyl (C=O) groups excluding carboxylic acids is 1. The third-order valence-electron chi connectivity index (χ3n) is 2.85. The first-order valence-corrected chi connectivity index (χ1v) is 5.88. The van der Waals surface area contributed by atoms with Crippen LogP contribution in [0, 0.1) is 0 Å². The van der Waals surface area contributed by atoms with Crippen LogP contribution in [0.25, 0.3) is 5.65 Å². The Morgan fingerprint density at radius 3 is 2.30 bits per heavy atom. The molecule has 0 unspecified atom stereocenters. The molecule has 0 saturated heterocycles. The van der Waals surface area contributed by atoms with E-state index >= 15 is 0 Å². The number of rotatable bonds is 2. The summed E-state index contributed by atoms with van der Waals surface area (Å²) >= 11 is 0. The zero-order valence-electron chi connectivity index (χ0n) is 10.9. The van der Waals surface area contributed by atoms with E-state index in [-0.39, 0.29) is 4.57 Å². The fourth-order valence-electron chi connectivity index (χ4n) is 1.96. The highest BCUT2D eigenvalue weighted by atomic mass is 19.4. The van der Waals surface area contributed by atoms with Crippen molar-refractivity contribution in [1.29, 1.82) is 0 Å². The third-order valence-corrected chi connectivity index (χ3v) is 2.85. The Morgan fingerprint density at radius 2 is 1.78 bits per heavy atom. The standard InChI is InChI=1S/C12H6F6N2O3/c13-11(14,15)5-20-6-3-1-2-4-19(6)9(22)7(10(20)23)8(21)12(16,17)18/h1-4H,5H2/p+1. The number of alkyl halides is 6. The van der Waals surface area contributed by atoms with Gasteiger partial charge in [-0.15, -0.1) is 0 Å². The molecule has 0 aromatic carbocycles. The monoisotopic (exact) mass is 341 g/mol. The van der Waals surface area contributed by atoms with Crippen LogP contribution in [0.2, 0.25) is 0 Å². The summed E-state index contributed by atoms with van der Waals surface area (Å²) in [5.41, 5.74) is -3.87. The van der Waals surface area contributed by atoms with Gasteiger partial charge in [0.25, 0.3) is 11.4 Å². The van der Waals surface area contributed by atoms with E-state index in [0.717, 1.165) is 12.3 Å². The Hall–Kier alpha value is -2.59. The smallest absolute Gasteiger partial charge is 0.455 e. The molecule has 5 nitrogen and oxygen atoms in total.